The maximum atomic E-state index is 12.1. The van der Waals surface area contributed by atoms with Crippen LogP contribution >= 0.6 is 0 Å². The second-order valence-corrected chi connectivity index (χ2v) is 6.87. The van der Waals surface area contributed by atoms with E-state index < -0.39 is 0 Å². The first-order chi connectivity index (χ1) is 12.1. The van der Waals surface area contributed by atoms with Gasteiger partial charge >= 0.3 is 6.03 Å². The zero-order chi connectivity index (χ0) is 17.4. The maximum absolute atomic E-state index is 12.1. The Morgan fingerprint density at radius 1 is 1.24 bits per heavy atom. The molecule has 4 heterocycles. The second kappa shape index (κ2) is 6.48. The Hall–Kier alpha value is -2.41. The Labute approximate surface area is 146 Å². The van der Waals surface area contributed by atoms with E-state index in [1.165, 1.54) is 6.42 Å². The quantitative estimate of drug-likeness (QED) is 0.877. The third-order valence-corrected chi connectivity index (χ3v) is 5.16. The number of pyridine rings is 1. The second-order valence-electron chi connectivity index (χ2n) is 6.87. The molecular weight excluding hydrogens is 318 g/mol. The molecule has 7 heteroatoms. The molecule has 3 amide bonds. The molecule has 25 heavy (non-hydrogen) atoms. The summed E-state index contributed by atoms with van der Waals surface area (Å²) in [6, 6.07) is 2.10. The molecular formula is C18H23N5O2. The molecule has 2 saturated heterocycles. The number of urea groups is 1. The van der Waals surface area contributed by atoms with E-state index in [1.54, 1.807) is 11.1 Å². The number of rotatable bonds is 2. The lowest BCUT2D eigenvalue weighted by molar-refractivity contribution is -0.120. The first kappa shape index (κ1) is 16.1. The number of carbonyl (C=O) groups excluding carboxylic acids is 2. The standard InChI is InChI=1S/C18H23N5O2/c1-12-11-23(13-3-2-6-19-7-4-13)17-15(12)9-14(10-20-17)22-8-5-16(24)21-18(22)25/h9-11,13,19H,2-8H2,1H3,(H,21,24,25). The molecule has 0 saturated carbocycles. The van der Waals surface area contributed by atoms with Crippen molar-refractivity contribution in [3.63, 3.8) is 0 Å². The van der Waals surface area contributed by atoms with Gasteiger partial charge in [-0.3, -0.25) is 15.0 Å². The summed E-state index contributed by atoms with van der Waals surface area (Å²) in [5.74, 6) is -0.223. The number of fused-ring (bicyclic) bond motifs is 1. The first-order valence-electron chi connectivity index (χ1n) is 8.93. The Kier molecular flexibility index (Phi) is 4.17. The van der Waals surface area contributed by atoms with Gasteiger partial charge in [0.15, 0.2) is 0 Å². The molecule has 2 fully saturated rings. The molecule has 4 rings (SSSR count). The Morgan fingerprint density at radius 3 is 2.96 bits per heavy atom. The zero-order valence-electron chi connectivity index (χ0n) is 14.4. The Balaban J connectivity index is 1.68. The number of nitrogens with zero attached hydrogens (tertiary/aromatic N) is 3. The van der Waals surface area contributed by atoms with Crippen LogP contribution in [0.4, 0.5) is 10.5 Å². The van der Waals surface area contributed by atoms with Gasteiger partial charge in [-0.25, -0.2) is 9.78 Å². The number of hydrogen-bond donors (Lipinski definition) is 2. The minimum absolute atomic E-state index is 0.223. The highest BCUT2D eigenvalue weighted by Gasteiger charge is 2.25. The lowest BCUT2D eigenvalue weighted by Gasteiger charge is -2.26. The highest BCUT2D eigenvalue weighted by Crippen LogP contribution is 2.30. The highest BCUT2D eigenvalue weighted by molar-refractivity contribution is 6.06. The molecule has 0 radical (unpaired) electrons. The fourth-order valence-corrected chi connectivity index (χ4v) is 3.80. The van der Waals surface area contributed by atoms with E-state index in [1.807, 2.05) is 6.07 Å². The van der Waals surface area contributed by atoms with Crippen molar-refractivity contribution in [3.05, 3.63) is 24.0 Å². The lowest BCUT2D eigenvalue weighted by Crippen LogP contribution is -2.49. The summed E-state index contributed by atoms with van der Waals surface area (Å²) in [5, 5.41) is 6.88. The van der Waals surface area contributed by atoms with Crippen molar-refractivity contribution in [2.24, 2.45) is 0 Å². The fraction of sp³-hybridized carbons (Fsp3) is 0.500. The van der Waals surface area contributed by atoms with Gasteiger partial charge in [0.05, 0.1) is 11.9 Å². The fourth-order valence-electron chi connectivity index (χ4n) is 3.80. The van der Waals surface area contributed by atoms with Crippen molar-refractivity contribution in [1.82, 2.24) is 20.2 Å². The van der Waals surface area contributed by atoms with Gasteiger partial charge in [-0.1, -0.05) is 0 Å². The first-order valence-corrected chi connectivity index (χ1v) is 8.93. The smallest absolute Gasteiger partial charge is 0.328 e. The van der Waals surface area contributed by atoms with Gasteiger partial charge in [-0.15, -0.1) is 0 Å². The van der Waals surface area contributed by atoms with E-state index >= 15 is 0 Å². The molecule has 1 unspecified atom stereocenters. The number of carbonyl (C=O) groups is 2. The zero-order valence-corrected chi connectivity index (χ0v) is 14.4. The van der Waals surface area contributed by atoms with Crippen molar-refractivity contribution in [1.29, 1.82) is 0 Å². The molecule has 1 atom stereocenters. The number of aryl methyl sites for hydroxylation is 1. The van der Waals surface area contributed by atoms with E-state index in [4.69, 9.17) is 0 Å². The normalized spacial score (nSPS) is 22.1. The third-order valence-electron chi connectivity index (χ3n) is 5.16. The molecule has 132 valence electrons. The van der Waals surface area contributed by atoms with Crippen LogP contribution in [0.15, 0.2) is 18.5 Å². The molecule has 7 nitrogen and oxygen atoms in total. The van der Waals surface area contributed by atoms with Gasteiger partial charge in [0.1, 0.15) is 5.65 Å². The highest BCUT2D eigenvalue weighted by atomic mass is 16.2. The molecule has 0 aromatic carbocycles. The summed E-state index contributed by atoms with van der Waals surface area (Å²) in [6.45, 7) is 4.59. The molecule has 2 aliphatic rings. The molecule has 0 aliphatic carbocycles. The van der Waals surface area contributed by atoms with Crippen LogP contribution in [0, 0.1) is 6.92 Å². The van der Waals surface area contributed by atoms with Crippen LogP contribution in [-0.2, 0) is 4.79 Å². The minimum Gasteiger partial charge on any atom is -0.329 e. The molecule has 0 bridgehead atoms. The molecule has 2 N–H and O–H groups in total. The van der Waals surface area contributed by atoms with Gasteiger partial charge < -0.3 is 9.88 Å². The number of imide groups is 1. The molecule has 0 spiro atoms. The van der Waals surface area contributed by atoms with Gasteiger partial charge in [-0.05, 0) is 50.9 Å². The summed E-state index contributed by atoms with van der Waals surface area (Å²) < 4.78 is 2.29. The average molecular weight is 341 g/mol. The van der Waals surface area contributed by atoms with Gasteiger partial charge in [-0.2, -0.15) is 0 Å². The molecule has 2 aromatic rings. The van der Waals surface area contributed by atoms with Crippen molar-refractivity contribution in [2.75, 3.05) is 24.5 Å². The summed E-state index contributed by atoms with van der Waals surface area (Å²) in [6.07, 6.45) is 7.65. The number of nitrogens with one attached hydrogen (secondary N) is 2. The van der Waals surface area contributed by atoms with Gasteiger partial charge in [0.25, 0.3) is 0 Å². The SMILES string of the molecule is Cc1cn(C2CCCNCC2)c2ncc(N3CCC(=O)NC3=O)cc12. The van der Waals surface area contributed by atoms with Crippen molar-refractivity contribution < 1.29 is 9.59 Å². The average Bonchev–Trinajstić information content (AvgIpc) is 2.78. The number of amides is 3. The van der Waals surface area contributed by atoms with Crippen LogP contribution in [0.5, 0.6) is 0 Å². The van der Waals surface area contributed by atoms with E-state index in [-0.39, 0.29) is 11.9 Å². The van der Waals surface area contributed by atoms with Gasteiger partial charge in [0.2, 0.25) is 5.91 Å². The summed E-state index contributed by atoms with van der Waals surface area (Å²) in [4.78, 5) is 29.7. The minimum atomic E-state index is -0.371. The number of anilines is 1. The Morgan fingerprint density at radius 2 is 2.12 bits per heavy atom. The Bertz CT molecular complexity index is 820. The van der Waals surface area contributed by atoms with Crippen LogP contribution in [-0.4, -0.2) is 41.1 Å². The lowest BCUT2D eigenvalue weighted by atomic mass is 10.1. The van der Waals surface area contributed by atoms with Crippen LogP contribution in [0.25, 0.3) is 11.0 Å². The summed E-state index contributed by atoms with van der Waals surface area (Å²) >= 11 is 0. The summed E-state index contributed by atoms with van der Waals surface area (Å²) in [7, 11) is 0. The van der Waals surface area contributed by atoms with Crippen LogP contribution in [0.2, 0.25) is 0 Å². The van der Waals surface area contributed by atoms with E-state index in [9.17, 15) is 9.59 Å². The van der Waals surface area contributed by atoms with Crippen molar-refractivity contribution >= 4 is 28.7 Å². The third kappa shape index (κ3) is 3.00. The predicted molar refractivity (Wildman–Crippen MR) is 95.7 cm³/mol. The molecule has 2 aliphatic heterocycles. The maximum Gasteiger partial charge on any atom is 0.328 e. The largest absolute Gasteiger partial charge is 0.329 e. The van der Waals surface area contributed by atoms with Crippen LogP contribution in [0.3, 0.4) is 0 Å². The van der Waals surface area contributed by atoms with E-state index in [0.717, 1.165) is 48.2 Å². The number of hydrogen-bond acceptors (Lipinski definition) is 4. The monoisotopic (exact) mass is 341 g/mol. The topological polar surface area (TPSA) is 79.3 Å². The van der Waals surface area contributed by atoms with Crippen LogP contribution in [0.1, 0.15) is 37.3 Å². The number of aromatic nitrogens is 2. The van der Waals surface area contributed by atoms with Crippen molar-refractivity contribution in [2.45, 2.75) is 38.6 Å². The summed E-state index contributed by atoms with van der Waals surface area (Å²) in [5.41, 5.74) is 2.87. The van der Waals surface area contributed by atoms with E-state index in [0.29, 0.717) is 19.0 Å². The predicted octanol–water partition coefficient (Wildman–Crippen LogP) is 2.11. The molecule has 2 aromatic heterocycles. The van der Waals surface area contributed by atoms with Crippen LogP contribution < -0.4 is 15.5 Å². The van der Waals surface area contributed by atoms with Crippen molar-refractivity contribution in [3.8, 4) is 0 Å². The van der Waals surface area contributed by atoms with E-state index in [2.05, 4.69) is 33.3 Å². The van der Waals surface area contributed by atoms with Gasteiger partial charge in [0, 0.05) is 30.6 Å².